The largest absolute Gasteiger partial charge is 0.385 e. The average molecular weight is 376 g/mol. The Morgan fingerprint density at radius 3 is 2.61 bits per heavy atom. The van der Waals surface area contributed by atoms with Gasteiger partial charge < -0.3 is 15.5 Å². The van der Waals surface area contributed by atoms with Gasteiger partial charge in [-0.2, -0.15) is 0 Å². The fourth-order valence-corrected chi connectivity index (χ4v) is 3.60. The third kappa shape index (κ3) is 4.63. The van der Waals surface area contributed by atoms with Crippen LogP contribution in [0.4, 0.5) is 5.69 Å². The number of hydrogen-bond donors (Lipinski definition) is 2. The number of rotatable bonds is 8. The molecular formula is C24H29N3O. The summed E-state index contributed by atoms with van der Waals surface area (Å²) in [6.07, 6.45) is 7.10. The summed E-state index contributed by atoms with van der Waals surface area (Å²) >= 11 is 0. The van der Waals surface area contributed by atoms with E-state index in [2.05, 4.69) is 83.1 Å². The molecule has 4 nitrogen and oxygen atoms in total. The predicted octanol–water partition coefficient (Wildman–Crippen LogP) is 4.51. The maximum atomic E-state index is 12.3. The second-order valence-corrected chi connectivity index (χ2v) is 6.97. The van der Waals surface area contributed by atoms with Crippen LogP contribution in [-0.2, 0) is 4.79 Å². The summed E-state index contributed by atoms with van der Waals surface area (Å²) in [4.78, 5) is 14.5. The molecule has 1 heterocycles. The van der Waals surface area contributed by atoms with E-state index < -0.39 is 0 Å². The van der Waals surface area contributed by atoms with Crippen molar-refractivity contribution in [1.29, 1.82) is 0 Å². The summed E-state index contributed by atoms with van der Waals surface area (Å²) in [5.41, 5.74) is 3.93. The second-order valence-electron chi connectivity index (χ2n) is 6.97. The molecule has 28 heavy (non-hydrogen) atoms. The summed E-state index contributed by atoms with van der Waals surface area (Å²) in [5, 5.41) is 9.14. The van der Waals surface area contributed by atoms with E-state index in [0.717, 1.165) is 30.9 Å². The van der Waals surface area contributed by atoms with E-state index in [1.165, 1.54) is 16.5 Å². The smallest absolute Gasteiger partial charge is 0.177 e. The molecule has 0 aliphatic carbocycles. The molecule has 0 aromatic heterocycles. The summed E-state index contributed by atoms with van der Waals surface area (Å²) in [6.45, 7) is 8.13. The Labute approximate surface area is 167 Å². The van der Waals surface area contributed by atoms with Crippen molar-refractivity contribution in [3.8, 4) is 0 Å². The van der Waals surface area contributed by atoms with E-state index in [1.807, 2.05) is 6.92 Å². The molecule has 0 bridgehead atoms. The minimum absolute atomic E-state index is 0.0576. The number of benzene rings is 2. The van der Waals surface area contributed by atoms with Crippen molar-refractivity contribution in [2.24, 2.45) is 0 Å². The molecule has 1 aliphatic heterocycles. The van der Waals surface area contributed by atoms with E-state index >= 15 is 0 Å². The van der Waals surface area contributed by atoms with Crippen LogP contribution in [-0.4, -0.2) is 25.4 Å². The number of anilines is 1. The highest BCUT2D eigenvalue weighted by Gasteiger charge is 2.15. The molecule has 0 radical (unpaired) electrons. The second kappa shape index (κ2) is 9.27. The van der Waals surface area contributed by atoms with Gasteiger partial charge in [-0.15, -0.1) is 0 Å². The van der Waals surface area contributed by atoms with Gasteiger partial charge in [0, 0.05) is 50.1 Å². The summed E-state index contributed by atoms with van der Waals surface area (Å²) in [6, 6.07) is 14.8. The lowest BCUT2D eigenvalue weighted by Gasteiger charge is -2.27. The number of ketones is 1. The minimum atomic E-state index is 0.0576. The maximum Gasteiger partial charge on any atom is 0.177 e. The highest BCUT2D eigenvalue weighted by atomic mass is 16.1. The van der Waals surface area contributed by atoms with Crippen LogP contribution in [0.1, 0.15) is 27.2 Å². The molecule has 2 aromatic carbocycles. The zero-order valence-electron chi connectivity index (χ0n) is 17.0. The number of nitrogens with zero attached hydrogens (tertiary/aromatic N) is 1. The minimum Gasteiger partial charge on any atom is -0.385 e. The van der Waals surface area contributed by atoms with Gasteiger partial charge in [-0.25, -0.2) is 0 Å². The number of Topliss-reactive ketones (excluding diaryl/α,β-unsaturated/α-hetero) is 1. The predicted molar refractivity (Wildman–Crippen MR) is 118 cm³/mol. The Morgan fingerprint density at radius 2 is 1.93 bits per heavy atom. The van der Waals surface area contributed by atoms with Gasteiger partial charge in [-0.05, 0) is 42.8 Å². The third-order valence-electron chi connectivity index (χ3n) is 5.06. The van der Waals surface area contributed by atoms with Crippen LogP contribution in [0.5, 0.6) is 0 Å². The van der Waals surface area contributed by atoms with Gasteiger partial charge in [-0.3, -0.25) is 4.79 Å². The number of fused-ring (bicyclic) bond motifs is 1. The van der Waals surface area contributed by atoms with Crippen LogP contribution < -0.4 is 15.5 Å². The zero-order valence-corrected chi connectivity index (χ0v) is 17.0. The van der Waals surface area contributed by atoms with E-state index in [-0.39, 0.29) is 5.78 Å². The SMILES string of the molecule is CCN(/C(C)=C(\NCCC1=CC=CCN1)C(C)=O)c1ccc2ccccc2c1. The average Bonchev–Trinajstić information content (AvgIpc) is 2.72. The van der Waals surface area contributed by atoms with Gasteiger partial charge in [0.2, 0.25) is 0 Å². The number of carbonyl (C=O) groups is 1. The number of allylic oxidation sites excluding steroid dienone is 4. The van der Waals surface area contributed by atoms with Crippen molar-refractivity contribution < 1.29 is 4.79 Å². The summed E-state index contributed by atoms with van der Waals surface area (Å²) < 4.78 is 0. The maximum absolute atomic E-state index is 12.3. The topological polar surface area (TPSA) is 44.4 Å². The van der Waals surface area contributed by atoms with Gasteiger partial charge in [0.1, 0.15) is 0 Å². The molecule has 0 amide bonds. The first kappa shape index (κ1) is 19.7. The molecule has 146 valence electrons. The monoisotopic (exact) mass is 375 g/mol. The van der Waals surface area contributed by atoms with E-state index in [4.69, 9.17) is 0 Å². The van der Waals surface area contributed by atoms with Gasteiger partial charge in [-0.1, -0.05) is 42.5 Å². The zero-order chi connectivity index (χ0) is 19.9. The molecule has 0 spiro atoms. The Bertz CT molecular complexity index is 940. The molecule has 2 N–H and O–H groups in total. The quantitative estimate of drug-likeness (QED) is 0.667. The van der Waals surface area contributed by atoms with Crippen LogP contribution in [0.25, 0.3) is 10.8 Å². The number of hydrogen-bond acceptors (Lipinski definition) is 4. The highest BCUT2D eigenvalue weighted by Crippen LogP contribution is 2.25. The van der Waals surface area contributed by atoms with Gasteiger partial charge in [0.15, 0.2) is 5.78 Å². The van der Waals surface area contributed by atoms with Crippen LogP contribution in [0.2, 0.25) is 0 Å². The van der Waals surface area contributed by atoms with Crippen molar-refractivity contribution in [3.05, 3.63) is 77.8 Å². The van der Waals surface area contributed by atoms with E-state index in [9.17, 15) is 4.79 Å². The first-order valence-corrected chi connectivity index (χ1v) is 9.91. The molecule has 0 atom stereocenters. The molecule has 3 rings (SSSR count). The van der Waals surface area contributed by atoms with Crippen LogP contribution >= 0.6 is 0 Å². The lowest BCUT2D eigenvalue weighted by molar-refractivity contribution is -0.114. The van der Waals surface area contributed by atoms with E-state index in [0.29, 0.717) is 12.2 Å². The fraction of sp³-hybridized carbons (Fsp3) is 0.292. The summed E-state index contributed by atoms with van der Waals surface area (Å²) in [5.74, 6) is 0.0576. The van der Waals surface area contributed by atoms with Crippen molar-refractivity contribution in [1.82, 2.24) is 10.6 Å². The number of carbonyl (C=O) groups excluding carboxylic acids is 1. The molecule has 4 heteroatoms. The van der Waals surface area contributed by atoms with Crippen LogP contribution in [0.3, 0.4) is 0 Å². The van der Waals surface area contributed by atoms with Gasteiger partial charge >= 0.3 is 0 Å². The molecule has 0 fully saturated rings. The van der Waals surface area contributed by atoms with Gasteiger partial charge in [0.05, 0.1) is 5.70 Å². The lowest BCUT2D eigenvalue weighted by atomic mass is 10.1. The Hall–Kier alpha value is -3.01. The van der Waals surface area contributed by atoms with Crippen molar-refractivity contribution >= 4 is 22.2 Å². The highest BCUT2D eigenvalue weighted by molar-refractivity contribution is 5.94. The fourth-order valence-electron chi connectivity index (χ4n) is 3.60. The Balaban J connectivity index is 1.81. The lowest BCUT2D eigenvalue weighted by Crippen LogP contribution is -2.30. The normalized spacial score (nSPS) is 14.2. The number of nitrogens with one attached hydrogen (secondary N) is 2. The molecule has 0 saturated heterocycles. The molecule has 2 aromatic rings. The van der Waals surface area contributed by atoms with Crippen molar-refractivity contribution in [2.75, 3.05) is 24.5 Å². The van der Waals surface area contributed by atoms with Crippen molar-refractivity contribution in [2.45, 2.75) is 27.2 Å². The summed E-state index contributed by atoms with van der Waals surface area (Å²) in [7, 11) is 0. The Morgan fingerprint density at radius 1 is 1.14 bits per heavy atom. The van der Waals surface area contributed by atoms with Gasteiger partial charge in [0.25, 0.3) is 0 Å². The molecular weight excluding hydrogens is 346 g/mol. The third-order valence-corrected chi connectivity index (χ3v) is 5.06. The molecule has 0 unspecified atom stereocenters. The van der Waals surface area contributed by atoms with Crippen molar-refractivity contribution in [3.63, 3.8) is 0 Å². The molecule has 0 saturated carbocycles. The molecule has 1 aliphatic rings. The number of dihydropyridines is 1. The Kier molecular flexibility index (Phi) is 6.53. The standard InChI is InChI=1S/C24H29N3O/c1-4-27(23-13-12-20-9-5-6-10-21(20)17-23)18(2)24(19(3)28)26-16-14-22-11-7-8-15-25-22/h5-13,17,25-26H,4,14-16H2,1-3H3/b24-18-. The van der Waals surface area contributed by atoms with Crippen LogP contribution in [0, 0.1) is 0 Å². The van der Waals surface area contributed by atoms with E-state index in [1.54, 1.807) is 6.92 Å². The first-order chi connectivity index (χ1) is 13.6. The van der Waals surface area contributed by atoms with Crippen LogP contribution in [0.15, 0.2) is 77.8 Å². The first-order valence-electron chi connectivity index (χ1n) is 9.91.